The first-order chi connectivity index (χ1) is 16.2. The third kappa shape index (κ3) is 6.49. The Kier molecular flexibility index (Phi) is 8.54. The summed E-state index contributed by atoms with van der Waals surface area (Å²) in [4.78, 5) is 37.3. The zero-order valence-electron chi connectivity index (χ0n) is 18.3. The molecule has 178 valence electrons. The Hall–Kier alpha value is -3.08. The number of aliphatic carboxylic acids is 1. The van der Waals surface area contributed by atoms with Crippen LogP contribution < -0.4 is 14.8 Å². The van der Waals surface area contributed by atoms with Crippen LogP contribution in [-0.4, -0.2) is 52.4 Å². The molecule has 11 heteroatoms. The van der Waals surface area contributed by atoms with E-state index >= 15 is 0 Å². The van der Waals surface area contributed by atoms with Gasteiger partial charge in [-0.2, -0.15) is 0 Å². The fourth-order valence-electron chi connectivity index (χ4n) is 2.96. The third-order valence-corrected chi connectivity index (χ3v) is 6.51. The number of ether oxygens (including phenoxy) is 2. The van der Waals surface area contributed by atoms with Crippen LogP contribution in [0.2, 0.25) is 5.02 Å². The lowest BCUT2D eigenvalue weighted by Crippen LogP contribution is -2.30. The van der Waals surface area contributed by atoms with Crippen molar-refractivity contribution >= 4 is 69.4 Å². The van der Waals surface area contributed by atoms with Crippen molar-refractivity contribution in [1.29, 1.82) is 0 Å². The number of anilines is 1. The molecule has 0 aliphatic carbocycles. The third-order valence-electron chi connectivity index (χ3n) is 4.72. The first-order valence-corrected chi connectivity index (χ1v) is 11.6. The summed E-state index contributed by atoms with van der Waals surface area (Å²) in [6, 6.07) is 10.2. The topological polar surface area (TPSA) is 105 Å². The van der Waals surface area contributed by atoms with E-state index in [1.807, 2.05) is 6.92 Å². The van der Waals surface area contributed by atoms with Crippen molar-refractivity contribution in [3.05, 3.63) is 57.5 Å². The Balaban J connectivity index is 1.65. The second-order valence-electron chi connectivity index (χ2n) is 7.19. The van der Waals surface area contributed by atoms with Crippen molar-refractivity contribution in [3.8, 4) is 11.5 Å². The summed E-state index contributed by atoms with van der Waals surface area (Å²) in [5.41, 5.74) is 2.12. The van der Waals surface area contributed by atoms with E-state index in [0.717, 1.165) is 17.3 Å². The maximum Gasteiger partial charge on any atom is 0.305 e. The minimum absolute atomic E-state index is 0.0182. The van der Waals surface area contributed by atoms with Crippen molar-refractivity contribution in [1.82, 2.24) is 4.90 Å². The summed E-state index contributed by atoms with van der Waals surface area (Å²) in [6.07, 6.45) is 1.45. The fourth-order valence-corrected chi connectivity index (χ4v) is 4.44. The average Bonchev–Trinajstić information content (AvgIpc) is 3.05. The van der Waals surface area contributed by atoms with Crippen LogP contribution in [0, 0.1) is 6.92 Å². The number of rotatable bonds is 9. The number of nitrogens with zero attached hydrogens (tertiary/aromatic N) is 1. The molecule has 34 heavy (non-hydrogen) atoms. The van der Waals surface area contributed by atoms with E-state index < -0.39 is 5.97 Å². The summed E-state index contributed by atoms with van der Waals surface area (Å²) in [7, 11) is 1.46. The zero-order chi connectivity index (χ0) is 24.8. The molecule has 0 bridgehead atoms. The van der Waals surface area contributed by atoms with Crippen LogP contribution in [0.1, 0.15) is 17.5 Å². The molecule has 0 aromatic heterocycles. The van der Waals surface area contributed by atoms with Crippen molar-refractivity contribution in [2.45, 2.75) is 13.3 Å². The van der Waals surface area contributed by atoms with Gasteiger partial charge in [-0.25, -0.2) is 0 Å². The number of benzene rings is 2. The summed E-state index contributed by atoms with van der Waals surface area (Å²) in [6.45, 7) is 1.64. The number of carbonyl (C=O) groups excluding carboxylic acids is 2. The first kappa shape index (κ1) is 25.5. The molecule has 1 fully saturated rings. The van der Waals surface area contributed by atoms with Gasteiger partial charge in [0.2, 0.25) is 0 Å². The number of halogens is 1. The van der Waals surface area contributed by atoms with Gasteiger partial charge in [0, 0.05) is 17.3 Å². The number of aryl methyl sites for hydroxylation is 1. The second-order valence-corrected chi connectivity index (χ2v) is 9.27. The predicted molar refractivity (Wildman–Crippen MR) is 135 cm³/mol. The summed E-state index contributed by atoms with van der Waals surface area (Å²) in [5.74, 6) is -0.985. The summed E-state index contributed by atoms with van der Waals surface area (Å²) < 4.78 is 11.3. The van der Waals surface area contributed by atoms with Gasteiger partial charge in [0.1, 0.15) is 4.32 Å². The van der Waals surface area contributed by atoms with Crippen LogP contribution in [0.3, 0.4) is 0 Å². The van der Waals surface area contributed by atoms with Crippen molar-refractivity contribution in [2.24, 2.45) is 0 Å². The lowest BCUT2D eigenvalue weighted by atomic mass is 10.2. The molecule has 0 radical (unpaired) electrons. The van der Waals surface area contributed by atoms with E-state index in [-0.39, 0.29) is 31.4 Å². The summed E-state index contributed by atoms with van der Waals surface area (Å²) in [5, 5.41) is 12.1. The standard InChI is InChI=1S/C23H21ClN2O6S2/c1-13-3-5-15(11-16(13)24)25-20(27)12-32-17-6-4-14(9-18(17)31-2)10-19-22(30)26(23(33)34-19)8-7-21(28)29/h3-6,9-11H,7-8,12H2,1-2H3,(H,25,27)(H,28,29)/b19-10-. The highest BCUT2D eigenvalue weighted by molar-refractivity contribution is 8.26. The monoisotopic (exact) mass is 520 g/mol. The fraction of sp³-hybridized carbons (Fsp3) is 0.217. The van der Waals surface area contributed by atoms with Crippen LogP contribution >= 0.6 is 35.6 Å². The lowest BCUT2D eigenvalue weighted by molar-refractivity contribution is -0.137. The Labute approximate surface area is 210 Å². The van der Waals surface area contributed by atoms with E-state index in [0.29, 0.717) is 37.0 Å². The minimum atomic E-state index is -1.00. The number of methoxy groups -OCH3 is 1. The van der Waals surface area contributed by atoms with Gasteiger partial charge in [-0.1, -0.05) is 47.7 Å². The number of carboxylic acid groups (broad SMARTS) is 1. The molecular formula is C23H21ClN2O6S2. The highest BCUT2D eigenvalue weighted by Gasteiger charge is 2.32. The molecule has 2 aromatic rings. The van der Waals surface area contributed by atoms with Gasteiger partial charge < -0.3 is 19.9 Å². The molecule has 1 saturated heterocycles. The maximum atomic E-state index is 12.6. The quantitative estimate of drug-likeness (QED) is 0.371. The number of thioether (sulfide) groups is 1. The van der Waals surface area contributed by atoms with E-state index in [2.05, 4.69) is 5.32 Å². The Morgan fingerprint density at radius 1 is 1.24 bits per heavy atom. The van der Waals surface area contributed by atoms with Crippen LogP contribution in [0.15, 0.2) is 41.3 Å². The lowest BCUT2D eigenvalue weighted by Gasteiger charge is -2.12. The SMILES string of the molecule is COc1cc(/C=C2\SC(=S)N(CCC(=O)O)C2=O)ccc1OCC(=O)Nc1ccc(C)c(Cl)c1. The van der Waals surface area contributed by atoms with E-state index in [1.54, 1.807) is 42.5 Å². The molecule has 0 atom stereocenters. The van der Waals surface area contributed by atoms with Crippen molar-refractivity contribution in [3.63, 3.8) is 0 Å². The second kappa shape index (κ2) is 11.4. The Morgan fingerprint density at radius 3 is 2.68 bits per heavy atom. The van der Waals surface area contributed by atoms with Crippen LogP contribution in [-0.2, 0) is 14.4 Å². The Morgan fingerprint density at radius 2 is 2.00 bits per heavy atom. The molecular weight excluding hydrogens is 500 g/mol. The van der Waals surface area contributed by atoms with Gasteiger partial charge in [-0.15, -0.1) is 0 Å². The molecule has 0 spiro atoms. The number of amides is 2. The molecule has 0 unspecified atom stereocenters. The molecule has 1 heterocycles. The molecule has 3 rings (SSSR count). The van der Waals surface area contributed by atoms with Crippen LogP contribution in [0.4, 0.5) is 5.69 Å². The largest absolute Gasteiger partial charge is 0.493 e. The van der Waals surface area contributed by atoms with Gasteiger partial charge in [0.15, 0.2) is 18.1 Å². The van der Waals surface area contributed by atoms with Gasteiger partial charge >= 0.3 is 5.97 Å². The molecule has 8 nitrogen and oxygen atoms in total. The average molecular weight is 521 g/mol. The van der Waals surface area contributed by atoms with Crippen LogP contribution in [0.5, 0.6) is 11.5 Å². The number of hydrogen-bond donors (Lipinski definition) is 2. The number of carboxylic acids is 1. The van der Waals surface area contributed by atoms with Gasteiger partial charge in [-0.05, 0) is 48.4 Å². The molecule has 2 amide bonds. The van der Waals surface area contributed by atoms with Gasteiger partial charge in [0.05, 0.1) is 18.4 Å². The smallest absolute Gasteiger partial charge is 0.305 e. The number of thiocarbonyl (C=S) groups is 1. The normalized spacial score (nSPS) is 14.4. The van der Waals surface area contributed by atoms with Gasteiger partial charge in [0.25, 0.3) is 11.8 Å². The van der Waals surface area contributed by atoms with E-state index in [9.17, 15) is 14.4 Å². The first-order valence-electron chi connectivity index (χ1n) is 10.0. The highest BCUT2D eigenvalue weighted by Crippen LogP contribution is 2.35. The number of hydrogen-bond acceptors (Lipinski definition) is 7. The molecule has 2 aromatic carbocycles. The van der Waals surface area contributed by atoms with Crippen LogP contribution in [0.25, 0.3) is 6.08 Å². The molecule has 0 saturated carbocycles. The van der Waals surface area contributed by atoms with Crippen molar-refractivity contribution in [2.75, 3.05) is 25.6 Å². The zero-order valence-corrected chi connectivity index (χ0v) is 20.7. The number of carbonyl (C=O) groups is 3. The highest BCUT2D eigenvalue weighted by atomic mass is 35.5. The van der Waals surface area contributed by atoms with E-state index in [4.69, 9.17) is 38.4 Å². The summed E-state index contributed by atoms with van der Waals surface area (Å²) >= 11 is 12.4. The molecule has 1 aliphatic rings. The Bertz CT molecular complexity index is 1180. The molecule has 1 aliphatic heterocycles. The predicted octanol–water partition coefficient (Wildman–Crippen LogP) is 4.35. The van der Waals surface area contributed by atoms with Gasteiger partial charge in [-0.3, -0.25) is 19.3 Å². The van der Waals surface area contributed by atoms with Crippen molar-refractivity contribution < 1.29 is 29.0 Å². The van der Waals surface area contributed by atoms with E-state index in [1.165, 1.54) is 12.0 Å². The number of nitrogens with one attached hydrogen (secondary N) is 1. The molecule has 2 N–H and O–H groups in total. The maximum absolute atomic E-state index is 12.6. The minimum Gasteiger partial charge on any atom is -0.493 e.